The summed E-state index contributed by atoms with van der Waals surface area (Å²) in [5.74, 6) is 2.24. The molecular formula is C9H18N2OS. The van der Waals surface area contributed by atoms with Gasteiger partial charge in [0.2, 0.25) is 5.91 Å². The van der Waals surface area contributed by atoms with Gasteiger partial charge in [0, 0.05) is 23.8 Å². The molecule has 3 N–H and O–H groups in total. The Kier molecular flexibility index (Phi) is 4.06. The molecule has 1 rings (SSSR count). The van der Waals surface area contributed by atoms with E-state index in [4.69, 9.17) is 5.73 Å². The van der Waals surface area contributed by atoms with E-state index >= 15 is 0 Å². The van der Waals surface area contributed by atoms with E-state index in [9.17, 15) is 4.79 Å². The van der Waals surface area contributed by atoms with E-state index in [1.54, 1.807) is 0 Å². The smallest absolute Gasteiger partial charge is 0.224 e. The predicted octanol–water partition coefficient (Wildman–Crippen LogP) is 0.591. The number of thioether (sulfide) groups is 1. The highest BCUT2D eigenvalue weighted by Crippen LogP contribution is 2.17. The molecule has 1 amide bonds. The molecule has 76 valence electrons. The van der Waals surface area contributed by atoms with Crippen LogP contribution in [0.5, 0.6) is 0 Å². The molecule has 0 aromatic carbocycles. The van der Waals surface area contributed by atoms with Gasteiger partial charge in [0.15, 0.2) is 0 Å². The highest BCUT2D eigenvalue weighted by atomic mass is 32.2. The van der Waals surface area contributed by atoms with Gasteiger partial charge in [0.05, 0.1) is 0 Å². The number of carbonyl (C=O) groups is 1. The second kappa shape index (κ2) is 4.86. The largest absolute Gasteiger partial charge is 0.352 e. The fraction of sp³-hybridized carbons (Fsp3) is 0.889. The van der Waals surface area contributed by atoms with Gasteiger partial charge in [0.1, 0.15) is 0 Å². The van der Waals surface area contributed by atoms with E-state index in [1.165, 1.54) is 0 Å². The van der Waals surface area contributed by atoms with Crippen LogP contribution in [0.2, 0.25) is 0 Å². The van der Waals surface area contributed by atoms with Gasteiger partial charge in [0.25, 0.3) is 0 Å². The number of nitrogens with one attached hydrogen (secondary N) is 1. The predicted molar refractivity (Wildman–Crippen MR) is 56.7 cm³/mol. The first-order valence-electron chi connectivity index (χ1n) is 4.75. The molecule has 3 unspecified atom stereocenters. The Labute approximate surface area is 83.8 Å². The summed E-state index contributed by atoms with van der Waals surface area (Å²) >= 11 is 1.90. The van der Waals surface area contributed by atoms with Crippen molar-refractivity contribution in [1.29, 1.82) is 0 Å². The quantitative estimate of drug-likeness (QED) is 0.704. The van der Waals surface area contributed by atoms with Crippen LogP contribution < -0.4 is 11.1 Å². The molecule has 0 radical (unpaired) electrons. The summed E-state index contributed by atoms with van der Waals surface area (Å²) in [5, 5.41) is 3.02. The third-order valence-corrected chi connectivity index (χ3v) is 3.64. The average molecular weight is 202 g/mol. The Morgan fingerprint density at radius 3 is 2.77 bits per heavy atom. The van der Waals surface area contributed by atoms with E-state index in [1.807, 2.05) is 25.6 Å². The molecule has 1 saturated heterocycles. The van der Waals surface area contributed by atoms with E-state index in [-0.39, 0.29) is 17.9 Å². The molecule has 0 aliphatic carbocycles. The molecule has 0 spiro atoms. The van der Waals surface area contributed by atoms with Crippen LogP contribution in [0.1, 0.15) is 20.3 Å². The Morgan fingerprint density at radius 1 is 1.62 bits per heavy atom. The summed E-state index contributed by atoms with van der Waals surface area (Å²) in [7, 11) is 0. The minimum absolute atomic E-state index is 0.0611. The first kappa shape index (κ1) is 10.9. The fourth-order valence-electron chi connectivity index (χ4n) is 1.22. The van der Waals surface area contributed by atoms with E-state index < -0.39 is 0 Å². The van der Waals surface area contributed by atoms with Gasteiger partial charge in [-0.1, -0.05) is 6.92 Å². The first-order chi connectivity index (χ1) is 6.11. The van der Waals surface area contributed by atoms with Gasteiger partial charge in [-0.25, -0.2) is 0 Å². The first-order valence-corrected chi connectivity index (χ1v) is 5.90. The molecule has 4 heteroatoms. The Bertz CT molecular complexity index is 178. The van der Waals surface area contributed by atoms with Crippen molar-refractivity contribution in [3.63, 3.8) is 0 Å². The molecule has 1 aliphatic rings. The third-order valence-electron chi connectivity index (χ3n) is 2.48. The van der Waals surface area contributed by atoms with Crippen molar-refractivity contribution in [2.75, 3.05) is 11.5 Å². The lowest BCUT2D eigenvalue weighted by molar-refractivity contribution is -0.125. The van der Waals surface area contributed by atoms with Crippen molar-refractivity contribution in [3.8, 4) is 0 Å². The fourth-order valence-corrected chi connectivity index (χ4v) is 2.37. The second-order valence-corrected chi connectivity index (χ2v) is 4.87. The molecule has 3 atom stereocenters. The van der Waals surface area contributed by atoms with Gasteiger partial charge in [-0.3, -0.25) is 4.79 Å². The van der Waals surface area contributed by atoms with Crippen molar-refractivity contribution < 1.29 is 4.79 Å². The SMILES string of the molecule is CC(N)C(C)C(=O)NC1CCSC1. The summed E-state index contributed by atoms with van der Waals surface area (Å²) in [6.45, 7) is 3.75. The van der Waals surface area contributed by atoms with Gasteiger partial charge in [-0.15, -0.1) is 0 Å². The minimum atomic E-state index is -0.0781. The molecule has 0 bridgehead atoms. The van der Waals surface area contributed by atoms with Crippen LogP contribution in [-0.2, 0) is 4.79 Å². The molecule has 1 fully saturated rings. The topological polar surface area (TPSA) is 55.1 Å². The maximum absolute atomic E-state index is 11.5. The molecular weight excluding hydrogens is 184 g/mol. The highest BCUT2D eigenvalue weighted by Gasteiger charge is 2.22. The van der Waals surface area contributed by atoms with Crippen LogP contribution in [-0.4, -0.2) is 29.5 Å². The maximum Gasteiger partial charge on any atom is 0.224 e. The Morgan fingerprint density at radius 2 is 2.31 bits per heavy atom. The zero-order valence-corrected chi connectivity index (χ0v) is 9.06. The summed E-state index contributed by atoms with van der Waals surface area (Å²) in [5.41, 5.74) is 5.65. The minimum Gasteiger partial charge on any atom is -0.352 e. The zero-order chi connectivity index (χ0) is 9.84. The number of amides is 1. The normalized spacial score (nSPS) is 26.8. The number of rotatable bonds is 3. The Balaban J connectivity index is 2.31. The maximum atomic E-state index is 11.5. The van der Waals surface area contributed by atoms with Crippen molar-refractivity contribution in [2.45, 2.75) is 32.4 Å². The average Bonchev–Trinajstić information content (AvgIpc) is 2.55. The second-order valence-electron chi connectivity index (χ2n) is 3.72. The van der Waals surface area contributed by atoms with Crippen LogP contribution >= 0.6 is 11.8 Å². The van der Waals surface area contributed by atoms with Crippen molar-refractivity contribution in [2.24, 2.45) is 11.7 Å². The molecule has 0 aromatic heterocycles. The Hall–Kier alpha value is -0.220. The number of carbonyl (C=O) groups excluding carboxylic acids is 1. The number of hydrogen-bond donors (Lipinski definition) is 2. The molecule has 1 aliphatic heterocycles. The number of hydrogen-bond acceptors (Lipinski definition) is 3. The van der Waals surface area contributed by atoms with Crippen molar-refractivity contribution in [3.05, 3.63) is 0 Å². The molecule has 0 saturated carbocycles. The van der Waals surface area contributed by atoms with Gasteiger partial charge in [-0.05, 0) is 19.1 Å². The van der Waals surface area contributed by atoms with E-state index in [0.717, 1.165) is 17.9 Å². The summed E-state index contributed by atoms with van der Waals surface area (Å²) in [6, 6.07) is 0.313. The van der Waals surface area contributed by atoms with Crippen LogP contribution in [0, 0.1) is 5.92 Å². The van der Waals surface area contributed by atoms with E-state index in [0.29, 0.717) is 6.04 Å². The molecule has 3 nitrogen and oxygen atoms in total. The lowest BCUT2D eigenvalue weighted by atomic mass is 10.0. The lowest BCUT2D eigenvalue weighted by Crippen LogP contribution is -2.43. The third kappa shape index (κ3) is 3.19. The van der Waals surface area contributed by atoms with Gasteiger partial charge in [-0.2, -0.15) is 11.8 Å². The van der Waals surface area contributed by atoms with E-state index in [2.05, 4.69) is 5.32 Å². The summed E-state index contributed by atoms with van der Waals surface area (Å²) in [4.78, 5) is 11.5. The lowest BCUT2D eigenvalue weighted by Gasteiger charge is -2.18. The zero-order valence-electron chi connectivity index (χ0n) is 8.25. The molecule has 0 aromatic rings. The standard InChI is InChI=1S/C9H18N2OS/c1-6(7(2)10)9(12)11-8-3-4-13-5-8/h6-8H,3-5,10H2,1-2H3,(H,11,12). The monoisotopic (exact) mass is 202 g/mol. The number of nitrogens with two attached hydrogens (primary N) is 1. The van der Waals surface area contributed by atoms with Crippen LogP contribution in [0.25, 0.3) is 0 Å². The molecule has 1 heterocycles. The summed E-state index contributed by atoms with van der Waals surface area (Å²) in [6.07, 6.45) is 1.10. The molecule has 13 heavy (non-hydrogen) atoms. The van der Waals surface area contributed by atoms with Gasteiger partial charge >= 0.3 is 0 Å². The van der Waals surface area contributed by atoms with Crippen LogP contribution in [0.4, 0.5) is 0 Å². The van der Waals surface area contributed by atoms with Crippen LogP contribution in [0.3, 0.4) is 0 Å². The van der Waals surface area contributed by atoms with Crippen molar-refractivity contribution >= 4 is 17.7 Å². The van der Waals surface area contributed by atoms with Gasteiger partial charge < -0.3 is 11.1 Å². The summed E-state index contributed by atoms with van der Waals surface area (Å²) < 4.78 is 0. The highest BCUT2D eigenvalue weighted by molar-refractivity contribution is 7.99. The van der Waals surface area contributed by atoms with Crippen molar-refractivity contribution in [1.82, 2.24) is 5.32 Å². The van der Waals surface area contributed by atoms with Crippen LogP contribution in [0.15, 0.2) is 0 Å².